The van der Waals surface area contributed by atoms with Crippen LogP contribution in [0.1, 0.15) is 18.9 Å². The van der Waals surface area contributed by atoms with Gasteiger partial charge in [0.15, 0.2) is 0 Å². The van der Waals surface area contributed by atoms with Gasteiger partial charge in [0.25, 0.3) is 5.91 Å². The lowest BCUT2D eigenvalue weighted by atomic mass is 10.1. The van der Waals surface area contributed by atoms with Crippen molar-refractivity contribution in [3.8, 4) is 5.75 Å². The highest BCUT2D eigenvalue weighted by Gasteiger charge is 2.28. The molecule has 1 aliphatic heterocycles. The molecule has 1 aliphatic rings. The van der Waals surface area contributed by atoms with Gasteiger partial charge in [-0.3, -0.25) is 14.5 Å². The third-order valence-electron chi connectivity index (χ3n) is 2.96. The van der Waals surface area contributed by atoms with Gasteiger partial charge in [-0.15, -0.1) is 0 Å². The Kier molecular flexibility index (Phi) is 3.46. The van der Waals surface area contributed by atoms with Crippen molar-refractivity contribution in [1.82, 2.24) is 4.90 Å². The molecule has 1 fully saturated rings. The van der Waals surface area contributed by atoms with Crippen molar-refractivity contribution in [2.24, 2.45) is 0 Å². The van der Waals surface area contributed by atoms with Crippen LogP contribution in [0, 0.1) is 0 Å². The number of amides is 2. The van der Waals surface area contributed by atoms with Crippen LogP contribution in [0.5, 0.6) is 5.75 Å². The summed E-state index contributed by atoms with van der Waals surface area (Å²) in [6.07, 6.45) is 2.44. The molecule has 0 bridgehead atoms. The third kappa shape index (κ3) is 2.42. The van der Waals surface area contributed by atoms with Crippen molar-refractivity contribution in [2.75, 3.05) is 13.7 Å². The highest BCUT2D eigenvalue weighted by Crippen LogP contribution is 2.21. The minimum Gasteiger partial charge on any atom is -0.497 e. The first-order valence-electron chi connectivity index (χ1n) is 5.79. The highest BCUT2D eigenvalue weighted by atomic mass is 16.5. The maximum atomic E-state index is 11.9. The maximum absolute atomic E-state index is 11.9. The minimum absolute atomic E-state index is 0.182. The average Bonchev–Trinajstić information content (AvgIpc) is 2.72. The van der Waals surface area contributed by atoms with E-state index in [9.17, 15) is 9.59 Å². The normalized spacial score (nSPS) is 17.3. The van der Waals surface area contributed by atoms with Gasteiger partial charge in [-0.25, -0.2) is 0 Å². The fourth-order valence-electron chi connectivity index (χ4n) is 1.95. The zero-order valence-electron chi connectivity index (χ0n) is 10.5. The molecule has 0 unspecified atom stereocenters. The van der Waals surface area contributed by atoms with E-state index in [1.807, 2.05) is 30.3 Å². The smallest absolute Gasteiger partial charge is 0.256 e. The van der Waals surface area contributed by atoms with Gasteiger partial charge in [-0.2, -0.15) is 0 Å². The first kappa shape index (κ1) is 12.4. The van der Waals surface area contributed by atoms with Crippen molar-refractivity contribution < 1.29 is 14.3 Å². The van der Waals surface area contributed by atoms with Gasteiger partial charge in [0, 0.05) is 19.0 Å². The van der Waals surface area contributed by atoms with Crippen LogP contribution >= 0.6 is 0 Å². The topological polar surface area (TPSA) is 46.6 Å². The van der Waals surface area contributed by atoms with Crippen LogP contribution in [0.25, 0.3) is 6.08 Å². The molecule has 1 saturated heterocycles. The highest BCUT2D eigenvalue weighted by molar-refractivity contribution is 6.08. The Hall–Kier alpha value is -2.10. The predicted molar refractivity (Wildman–Crippen MR) is 68.0 cm³/mol. The number of carbonyl (C=O) groups excluding carboxylic acids is 2. The second kappa shape index (κ2) is 5.04. The van der Waals surface area contributed by atoms with E-state index in [0.29, 0.717) is 18.5 Å². The molecule has 0 radical (unpaired) electrons. The summed E-state index contributed by atoms with van der Waals surface area (Å²) in [5.41, 5.74) is 1.61. The fraction of sp³-hybridized carbons (Fsp3) is 0.286. The van der Waals surface area contributed by atoms with Gasteiger partial charge >= 0.3 is 0 Å². The molecule has 0 atom stereocenters. The zero-order chi connectivity index (χ0) is 13.1. The van der Waals surface area contributed by atoms with Crippen LogP contribution < -0.4 is 4.74 Å². The van der Waals surface area contributed by atoms with Crippen LogP contribution in [-0.4, -0.2) is 30.4 Å². The Morgan fingerprint density at radius 3 is 2.50 bits per heavy atom. The monoisotopic (exact) mass is 245 g/mol. The van der Waals surface area contributed by atoms with Crippen molar-refractivity contribution in [3.63, 3.8) is 0 Å². The van der Waals surface area contributed by atoms with E-state index in [2.05, 4.69) is 0 Å². The summed E-state index contributed by atoms with van der Waals surface area (Å²) in [4.78, 5) is 24.4. The number of likely N-dealkylation sites (tertiary alicyclic amines) is 1. The summed E-state index contributed by atoms with van der Waals surface area (Å²) < 4.78 is 5.07. The van der Waals surface area contributed by atoms with Gasteiger partial charge < -0.3 is 4.74 Å². The molecule has 0 aliphatic carbocycles. The summed E-state index contributed by atoms with van der Waals surface area (Å²) in [6.45, 7) is 1.89. The molecule has 2 rings (SSSR count). The number of nitrogens with zero attached hydrogens (tertiary/aromatic N) is 1. The van der Waals surface area contributed by atoms with Crippen LogP contribution in [0.2, 0.25) is 0 Å². The number of hydrogen-bond donors (Lipinski definition) is 0. The lowest BCUT2D eigenvalue weighted by molar-refractivity contribution is -0.138. The number of imide groups is 1. The standard InChI is InChI=1S/C14H15NO3/c1-10(16)15-8-7-12(14(15)17)9-11-3-5-13(18-2)6-4-11/h3-6,9H,7-8H2,1-2H3/b12-9+. The van der Waals surface area contributed by atoms with E-state index in [-0.39, 0.29) is 11.8 Å². The zero-order valence-corrected chi connectivity index (χ0v) is 10.5. The van der Waals surface area contributed by atoms with E-state index < -0.39 is 0 Å². The molecule has 2 amide bonds. The van der Waals surface area contributed by atoms with E-state index in [1.54, 1.807) is 7.11 Å². The lowest BCUT2D eigenvalue weighted by Gasteiger charge is -2.08. The van der Waals surface area contributed by atoms with E-state index >= 15 is 0 Å². The fourth-order valence-corrected chi connectivity index (χ4v) is 1.95. The molecule has 0 saturated carbocycles. The molecule has 0 spiro atoms. The van der Waals surface area contributed by atoms with Crippen LogP contribution in [0.3, 0.4) is 0 Å². The molecule has 1 aromatic rings. The predicted octanol–water partition coefficient (Wildman–Crippen LogP) is 1.86. The molecule has 18 heavy (non-hydrogen) atoms. The van der Waals surface area contributed by atoms with E-state index in [4.69, 9.17) is 4.74 Å². The van der Waals surface area contributed by atoms with Gasteiger partial charge in [0.05, 0.1) is 7.11 Å². The molecule has 0 N–H and O–H groups in total. The van der Waals surface area contributed by atoms with Gasteiger partial charge in [0.1, 0.15) is 5.75 Å². The quantitative estimate of drug-likeness (QED) is 0.747. The lowest BCUT2D eigenvalue weighted by Crippen LogP contribution is -2.29. The SMILES string of the molecule is COc1ccc(/C=C2\CCN(C(C)=O)C2=O)cc1. The Labute approximate surface area is 106 Å². The minimum atomic E-state index is -0.196. The number of benzene rings is 1. The Morgan fingerprint density at radius 1 is 1.33 bits per heavy atom. The summed E-state index contributed by atoms with van der Waals surface area (Å²) in [6, 6.07) is 7.45. The van der Waals surface area contributed by atoms with Crippen LogP contribution in [0.15, 0.2) is 29.8 Å². The molecule has 4 nitrogen and oxygen atoms in total. The first-order chi connectivity index (χ1) is 8.61. The molecule has 1 heterocycles. The number of ether oxygens (including phenoxy) is 1. The maximum Gasteiger partial charge on any atom is 0.256 e. The van der Waals surface area contributed by atoms with Crippen molar-refractivity contribution in [3.05, 3.63) is 35.4 Å². The molecule has 4 heteroatoms. The average molecular weight is 245 g/mol. The number of rotatable bonds is 2. The number of methoxy groups -OCH3 is 1. The van der Waals surface area contributed by atoms with Crippen molar-refractivity contribution in [1.29, 1.82) is 0 Å². The van der Waals surface area contributed by atoms with Gasteiger partial charge in [-0.1, -0.05) is 12.1 Å². The largest absolute Gasteiger partial charge is 0.497 e. The van der Waals surface area contributed by atoms with Gasteiger partial charge in [0.2, 0.25) is 5.91 Å². The van der Waals surface area contributed by atoms with Crippen LogP contribution in [-0.2, 0) is 9.59 Å². The van der Waals surface area contributed by atoms with E-state index in [0.717, 1.165) is 11.3 Å². The molecule has 94 valence electrons. The second-order valence-corrected chi connectivity index (χ2v) is 4.17. The molecule has 0 aromatic heterocycles. The number of hydrogen-bond acceptors (Lipinski definition) is 3. The van der Waals surface area contributed by atoms with Crippen molar-refractivity contribution >= 4 is 17.9 Å². The summed E-state index contributed by atoms with van der Waals surface area (Å²) in [5.74, 6) is 0.400. The Morgan fingerprint density at radius 2 is 2.00 bits per heavy atom. The van der Waals surface area contributed by atoms with Gasteiger partial charge in [-0.05, 0) is 30.2 Å². The van der Waals surface area contributed by atoms with Crippen LogP contribution in [0.4, 0.5) is 0 Å². The third-order valence-corrected chi connectivity index (χ3v) is 2.96. The second-order valence-electron chi connectivity index (χ2n) is 4.17. The van der Waals surface area contributed by atoms with E-state index in [1.165, 1.54) is 11.8 Å². The Bertz CT molecular complexity index is 502. The molecular formula is C14H15NO3. The summed E-state index contributed by atoms with van der Waals surface area (Å²) in [5, 5.41) is 0. The first-order valence-corrected chi connectivity index (χ1v) is 5.79. The summed E-state index contributed by atoms with van der Waals surface area (Å²) in [7, 11) is 1.61. The number of carbonyl (C=O) groups is 2. The molecule has 1 aromatic carbocycles. The molecular weight excluding hydrogens is 230 g/mol. The Balaban J connectivity index is 2.18. The summed E-state index contributed by atoms with van der Waals surface area (Å²) >= 11 is 0. The van der Waals surface area contributed by atoms with Crippen molar-refractivity contribution in [2.45, 2.75) is 13.3 Å².